The van der Waals surface area contributed by atoms with Crippen molar-refractivity contribution in [2.75, 3.05) is 93.0 Å². The van der Waals surface area contributed by atoms with Gasteiger partial charge in [0.05, 0.1) is 93.3 Å². The number of amides is 8. The first-order chi connectivity index (χ1) is 64.2. The van der Waals surface area contributed by atoms with Gasteiger partial charge in [-0.1, -0.05) is 200 Å². The number of hydrogen-bond donors (Lipinski definition) is 2. The van der Waals surface area contributed by atoms with E-state index in [4.69, 9.17) is 9.47 Å². The van der Waals surface area contributed by atoms with Crippen molar-refractivity contribution < 1.29 is 62.4 Å². The average Bonchev–Trinajstić information content (AvgIpc) is 0.738. The van der Waals surface area contributed by atoms with Crippen LogP contribution >= 0.6 is 0 Å². The molecule has 0 radical (unpaired) electrons. The molecule has 8 fully saturated rings. The topological polar surface area (TPSA) is 260 Å². The van der Waals surface area contributed by atoms with Crippen molar-refractivity contribution in [2.24, 2.45) is 0 Å². The Hall–Kier alpha value is -14.0. The van der Waals surface area contributed by atoms with Gasteiger partial charge in [-0.25, -0.2) is 4.39 Å². The van der Waals surface area contributed by atoms with E-state index < -0.39 is 5.82 Å². The Bertz CT molecular complexity index is 6000. The zero-order chi connectivity index (χ0) is 92.0. The third kappa shape index (κ3) is 18.2. The fraction of sp³-hybridized carbons (Fsp3) is 0.287. The number of aliphatic hydroxyl groups is 2. The lowest BCUT2D eigenvalue weighted by atomic mass is 9.73. The SMILES string of the molecule is COC[C@H]1[C@H](c2ccc(-c3ccccc3C)cc2)[C@@H]2CN(C(=O)c3cccnc3)CC(=O)N12.COC[C@H]1[C@H](c2ccc(-c3ccccc3C)cc2)[C@@H]2CN(C(=O)c3ccncc3)CC(=O)N12.Cc1ccccc1-c1ccc([C@H]2[C@H](CO)N3C(=O)CN(C(=O)Cc4ccccn4)C[C@@H]23)cc1.Cc1ccccc1-c1ccc([C@H]2[C@H](CO)N3C(=O)CN(C(=O)c4ccc(F)cc4)C[C@@H]23)cc1. The summed E-state index contributed by atoms with van der Waals surface area (Å²) in [6.45, 7) is 11.2. The van der Waals surface area contributed by atoms with Crippen LogP contribution in [0, 0.1) is 33.5 Å². The number of rotatable bonds is 19. The highest BCUT2D eigenvalue weighted by Crippen LogP contribution is 2.49. The van der Waals surface area contributed by atoms with Gasteiger partial charge in [-0.15, -0.1) is 0 Å². The van der Waals surface area contributed by atoms with Crippen molar-refractivity contribution in [1.29, 1.82) is 0 Å². The third-order valence-electron chi connectivity index (χ3n) is 27.5. The Labute approximate surface area is 767 Å². The average molecular weight is 1770 g/mol. The molecular weight excluding hydrogens is 1660 g/mol. The number of carbonyl (C=O) groups is 8. The van der Waals surface area contributed by atoms with Crippen molar-refractivity contribution in [3.63, 3.8) is 0 Å². The third-order valence-corrected chi connectivity index (χ3v) is 27.5. The number of methoxy groups -OCH3 is 2. The van der Waals surface area contributed by atoms with Gasteiger partial charge in [0, 0.05) is 112 Å². The number of carbonyl (C=O) groups excluding carboxylic acids is 8. The summed E-state index contributed by atoms with van der Waals surface area (Å²) in [6.07, 6.45) is 8.23. The molecule has 8 aliphatic heterocycles. The zero-order valence-corrected chi connectivity index (χ0v) is 74.6. The second kappa shape index (κ2) is 39.7. The van der Waals surface area contributed by atoms with Crippen LogP contribution in [0.2, 0.25) is 0 Å². The molecule has 0 aliphatic carbocycles. The summed E-state index contributed by atoms with van der Waals surface area (Å²) in [5.74, 6) is -1.24. The van der Waals surface area contributed by atoms with Gasteiger partial charge in [0.1, 0.15) is 25.5 Å². The highest BCUT2D eigenvalue weighted by molar-refractivity contribution is 6.00. The Balaban J connectivity index is 0.000000123. The van der Waals surface area contributed by atoms with E-state index >= 15 is 0 Å². The Morgan fingerprint density at radius 1 is 0.348 bits per heavy atom. The van der Waals surface area contributed by atoms with Gasteiger partial charge < -0.3 is 58.9 Å². The molecule has 12 aromatic rings. The van der Waals surface area contributed by atoms with Crippen LogP contribution in [-0.2, 0) is 39.9 Å². The van der Waals surface area contributed by atoms with Gasteiger partial charge in [0.15, 0.2) is 0 Å². The Morgan fingerprint density at radius 2 is 0.674 bits per heavy atom. The number of pyridine rings is 3. The van der Waals surface area contributed by atoms with E-state index in [0.717, 1.165) is 22.3 Å². The number of ether oxygens (including phenoxy) is 2. The molecule has 672 valence electrons. The van der Waals surface area contributed by atoms with E-state index in [1.165, 1.54) is 95.9 Å². The first kappa shape index (κ1) is 89.9. The first-order valence-electron chi connectivity index (χ1n) is 44.9. The summed E-state index contributed by atoms with van der Waals surface area (Å²) in [6, 6.07) is 83.7. The van der Waals surface area contributed by atoms with Crippen molar-refractivity contribution in [3.8, 4) is 44.5 Å². The number of fused-ring (bicyclic) bond motifs is 4. The maximum absolute atomic E-state index is 13.2. The highest BCUT2D eigenvalue weighted by Gasteiger charge is 2.59. The van der Waals surface area contributed by atoms with Crippen LogP contribution in [0.15, 0.2) is 292 Å². The summed E-state index contributed by atoms with van der Waals surface area (Å²) < 4.78 is 24.2. The number of aliphatic hydroxyl groups excluding tert-OH is 2. The maximum Gasteiger partial charge on any atom is 0.255 e. The molecule has 12 atom stereocenters. The number of nitrogens with zero attached hydrogens (tertiary/aromatic N) is 11. The monoisotopic (exact) mass is 1770 g/mol. The molecule has 23 nitrogen and oxygen atoms in total. The van der Waals surface area contributed by atoms with Crippen LogP contribution in [0.3, 0.4) is 0 Å². The van der Waals surface area contributed by atoms with E-state index in [9.17, 15) is 53.0 Å². The van der Waals surface area contributed by atoms with Gasteiger partial charge in [-0.3, -0.25) is 53.3 Å². The molecule has 3 aromatic heterocycles. The molecule has 11 heterocycles. The molecule has 8 aliphatic rings. The molecule has 20 rings (SSSR count). The number of piperazine rings is 4. The van der Waals surface area contributed by atoms with Crippen molar-refractivity contribution in [1.82, 2.24) is 54.2 Å². The van der Waals surface area contributed by atoms with Crippen molar-refractivity contribution in [2.45, 2.75) is 106 Å². The van der Waals surface area contributed by atoms with Crippen molar-refractivity contribution in [3.05, 3.63) is 365 Å². The largest absolute Gasteiger partial charge is 0.394 e. The van der Waals surface area contributed by atoms with E-state index in [0.29, 0.717) is 61.8 Å². The molecule has 0 unspecified atom stereocenters. The molecule has 8 saturated heterocycles. The lowest BCUT2D eigenvalue weighted by Gasteiger charge is -2.59. The summed E-state index contributed by atoms with van der Waals surface area (Å²) in [5.41, 5.74) is 20.8. The number of aromatic nitrogens is 3. The van der Waals surface area contributed by atoms with Gasteiger partial charge in [-0.2, -0.15) is 0 Å². The molecule has 0 saturated carbocycles. The quantitative estimate of drug-likeness (QED) is 0.0762. The molecule has 9 aromatic carbocycles. The number of aryl methyl sites for hydroxylation is 4. The summed E-state index contributed by atoms with van der Waals surface area (Å²) >= 11 is 0. The minimum Gasteiger partial charge on any atom is -0.394 e. The number of benzene rings is 9. The fourth-order valence-corrected chi connectivity index (χ4v) is 21.0. The zero-order valence-electron chi connectivity index (χ0n) is 74.6. The molecule has 132 heavy (non-hydrogen) atoms. The lowest BCUT2D eigenvalue weighted by Crippen LogP contribution is -2.73. The summed E-state index contributed by atoms with van der Waals surface area (Å²) in [4.78, 5) is 130. The van der Waals surface area contributed by atoms with Crippen LogP contribution < -0.4 is 0 Å². The van der Waals surface area contributed by atoms with E-state index in [1.54, 1.807) is 94.0 Å². The second-order valence-electron chi connectivity index (χ2n) is 35.2. The molecular formula is C108H106FN11O12. The molecule has 2 N–H and O–H groups in total. The maximum atomic E-state index is 13.2. The minimum atomic E-state index is -0.411. The Kier molecular flexibility index (Phi) is 27.1. The van der Waals surface area contributed by atoms with Gasteiger partial charge in [-0.05, 0) is 177 Å². The molecule has 0 bridgehead atoms. The second-order valence-corrected chi connectivity index (χ2v) is 35.2. The van der Waals surface area contributed by atoms with Gasteiger partial charge in [0.25, 0.3) is 17.7 Å². The smallest absolute Gasteiger partial charge is 0.255 e. The van der Waals surface area contributed by atoms with Crippen LogP contribution in [0.5, 0.6) is 0 Å². The van der Waals surface area contributed by atoms with Gasteiger partial charge >= 0.3 is 0 Å². The van der Waals surface area contributed by atoms with E-state index in [2.05, 4.69) is 200 Å². The van der Waals surface area contributed by atoms with E-state index in [1.807, 2.05) is 64.4 Å². The molecule has 8 amide bonds. The van der Waals surface area contributed by atoms with Crippen LogP contribution in [-0.4, -0.2) is 253 Å². The fourth-order valence-electron chi connectivity index (χ4n) is 21.0. The summed E-state index contributed by atoms with van der Waals surface area (Å²) in [5, 5.41) is 20.0. The van der Waals surface area contributed by atoms with Crippen LogP contribution in [0.25, 0.3) is 44.5 Å². The predicted octanol–water partition coefficient (Wildman–Crippen LogP) is 13.5. The minimum absolute atomic E-state index is 0.00433. The number of hydrogen-bond acceptors (Lipinski definition) is 15. The van der Waals surface area contributed by atoms with Gasteiger partial charge in [0.2, 0.25) is 29.5 Å². The lowest BCUT2D eigenvalue weighted by molar-refractivity contribution is -0.166. The standard InChI is InChI=1S/C27H25FN2O3.3C27H27N3O3/c1-17-4-2-3-5-22(17)18-6-8-19(9-7-18)26-23-14-29(15-25(32)30(23)24(26)16-31)27(33)20-10-12-21(28)13-11-20;1-18-6-3-4-8-22(18)19-9-11-20(12-10-19)26-23-15-29(27(32)21-7-5-13-28-14-21)16-25(31)30(23)24(26)17-33-2;1-18-5-3-4-6-22(18)19-7-9-20(10-8-19)26-23-15-29(27(32)21-11-13-28-14-12-21)16-25(31)30(23)24(26)17-33-2;1-18-6-2-3-8-22(18)19-9-11-20(12-10-19)27-23-15-29(16-26(33)30(23)24(27)17-31)25(32)14-21-7-4-5-13-28-21/h2-13,23-24,26,31H,14-16H2,1H3;2*3-14,23-24,26H,15-17H2,1-2H3;2-13,23-24,27,31H,14-17H2,1H3/t3*23-,24-,26+;23-,24-,27+/m0000/s1. The Morgan fingerprint density at radius 3 is 1.01 bits per heavy atom. The summed E-state index contributed by atoms with van der Waals surface area (Å²) in [7, 11) is 3.33. The highest BCUT2D eigenvalue weighted by atomic mass is 19.1. The number of halogens is 1. The predicted molar refractivity (Wildman–Crippen MR) is 500 cm³/mol. The molecule has 24 heteroatoms. The normalized spacial score (nSPS) is 22.0. The van der Waals surface area contributed by atoms with Crippen LogP contribution in [0.1, 0.15) is 105 Å². The first-order valence-corrected chi connectivity index (χ1v) is 44.9. The van der Waals surface area contributed by atoms with Crippen LogP contribution in [0.4, 0.5) is 4.39 Å². The molecule has 0 spiro atoms. The van der Waals surface area contributed by atoms with E-state index in [-0.39, 0.29) is 165 Å². The van der Waals surface area contributed by atoms with Crippen molar-refractivity contribution >= 4 is 47.3 Å².